The number of guanidine groups is 1. The summed E-state index contributed by atoms with van der Waals surface area (Å²) in [4.78, 5) is 8.35. The van der Waals surface area contributed by atoms with Gasteiger partial charge in [-0.05, 0) is 12.1 Å². The predicted octanol–water partition coefficient (Wildman–Crippen LogP) is 4.07. The lowest BCUT2D eigenvalue weighted by Crippen LogP contribution is -2.36. The molecule has 162 valence electrons. The number of rotatable bonds is 7. The maximum Gasteiger partial charge on any atom is 0.387 e. The molecule has 0 amide bonds. The van der Waals surface area contributed by atoms with Gasteiger partial charge in [-0.3, -0.25) is 4.99 Å². The van der Waals surface area contributed by atoms with Gasteiger partial charge in [0.1, 0.15) is 17.3 Å². The molecular formula is C19H27F2IN4O3. The van der Waals surface area contributed by atoms with Gasteiger partial charge in [-0.1, -0.05) is 20.8 Å². The summed E-state index contributed by atoms with van der Waals surface area (Å²) in [5, 5.41) is 6.12. The van der Waals surface area contributed by atoms with Gasteiger partial charge in [-0.2, -0.15) is 8.78 Å². The Morgan fingerprint density at radius 1 is 1.24 bits per heavy atom. The quantitative estimate of drug-likeness (QED) is 0.323. The number of aliphatic imine (C=N–C) groups is 1. The lowest BCUT2D eigenvalue weighted by molar-refractivity contribution is -0.0505. The van der Waals surface area contributed by atoms with E-state index in [4.69, 9.17) is 9.15 Å². The summed E-state index contributed by atoms with van der Waals surface area (Å²) in [5.74, 6) is 2.26. The number of benzene rings is 1. The largest absolute Gasteiger partial charge is 0.497 e. The van der Waals surface area contributed by atoms with E-state index >= 15 is 0 Å². The minimum Gasteiger partial charge on any atom is -0.497 e. The first-order valence-electron chi connectivity index (χ1n) is 8.74. The standard InChI is InChI=1S/C19H26F2N4O3.HI/c1-19(2,3)15-10-23-16(28-15)11-25-18(22-4)24-9-12-6-7-13(26-5)8-14(12)27-17(20)21;/h6-8,10,17H,9,11H2,1-5H3,(H2,22,24,25);1H. The highest BCUT2D eigenvalue weighted by molar-refractivity contribution is 14.0. The Bertz CT molecular complexity index is 807. The van der Waals surface area contributed by atoms with Crippen LogP contribution < -0.4 is 20.1 Å². The van der Waals surface area contributed by atoms with Crippen LogP contribution >= 0.6 is 24.0 Å². The highest BCUT2D eigenvalue weighted by Gasteiger charge is 2.19. The molecule has 0 saturated carbocycles. The zero-order chi connectivity index (χ0) is 20.7. The molecule has 0 atom stereocenters. The summed E-state index contributed by atoms with van der Waals surface area (Å²) < 4.78 is 40.7. The van der Waals surface area contributed by atoms with Gasteiger partial charge in [0, 0.05) is 30.6 Å². The molecule has 0 spiro atoms. The fourth-order valence-electron chi connectivity index (χ4n) is 2.31. The van der Waals surface area contributed by atoms with Crippen LogP contribution in [0.25, 0.3) is 0 Å². The van der Waals surface area contributed by atoms with Gasteiger partial charge in [-0.25, -0.2) is 4.98 Å². The van der Waals surface area contributed by atoms with Crippen molar-refractivity contribution in [2.75, 3.05) is 14.2 Å². The first-order valence-corrected chi connectivity index (χ1v) is 8.74. The number of ether oxygens (including phenoxy) is 2. The van der Waals surface area contributed by atoms with Crippen molar-refractivity contribution in [2.24, 2.45) is 4.99 Å². The SMILES string of the molecule is CN=C(NCc1ncc(C(C)(C)C)o1)NCc1ccc(OC)cc1OC(F)F.I. The average Bonchev–Trinajstić information content (AvgIpc) is 3.11. The van der Waals surface area contributed by atoms with E-state index in [1.807, 2.05) is 20.8 Å². The molecule has 0 radical (unpaired) electrons. The second kappa shape index (κ2) is 11.2. The van der Waals surface area contributed by atoms with Crippen LogP contribution in [-0.2, 0) is 18.5 Å². The van der Waals surface area contributed by atoms with Gasteiger partial charge in [0.2, 0.25) is 5.89 Å². The minimum absolute atomic E-state index is 0. The van der Waals surface area contributed by atoms with Crippen LogP contribution in [0.15, 0.2) is 33.8 Å². The van der Waals surface area contributed by atoms with Gasteiger partial charge < -0.3 is 24.5 Å². The molecule has 0 unspecified atom stereocenters. The average molecular weight is 524 g/mol. The molecule has 0 aliphatic rings. The molecule has 1 aromatic carbocycles. The van der Waals surface area contributed by atoms with Crippen molar-refractivity contribution in [3.8, 4) is 11.5 Å². The topological polar surface area (TPSA) is 80.9 Å². The molecule has 0 aliphatic heterocycles. The van der Waals surface area contributed by atoms with E-state index in [1.54, 1.807) is 25.4 Å². The molecule has 2 N–H and O–H groups in total. The third-order valence-electron chi connectivity index (χ3n) is 3.86. The minimum atomic E-state index is -2.93. The third kappa shape index (κ3) is 7.67. The Morgan fingerprint density at radius 2 is 1.93 bits per heavy atom. The summed E-state index contributed by atoms with van der Waals surface area (Å²) in [5.41, 5.74) is 0.413. The Balaban J connectivity index is 0.00000420. The Morgan fingerprint density at radius 3 is 2.48 bits per heavy atom. The molecule has 0 aliphatic carbocycles. The van der Waals surface area contributed by atoms with Gasteiger partial charge in [0.15, 0.2) is 5.96 Å². The van der Waals surface area contributed by atoms with Crippen LogP contribution in [0.3, 0.4) is 0 Å². The van der Waals surface area contributed by atoms with Crippen molar-refractivity contribution >= 4 is 29.9 Å². The highest BCUT2D eigenvalue weighted by Crippen LogP contribution is 2.26. The van der Waals surface area contributed by atoms with Crippen molar-refractivity contribution in [3.05, 3.63) is 41.6 Å². The van der Waals surface area contributed by atoms with Crippen LogP contribution in [0.1, 0.15) is 38.0 Å². The maximum atomic E-state index is 12.7. The van der Waals surface area contributed by atoms with E-state index < -0.39 is 6.61 Å². The molecule has 0 saturated heterocycles. The van der Waals surface area contributed by atoms with Crippen LogP contribution in [0.2, 0.25) is 0 Å². The highest BCUT2D eigenvalue weighted by atomic mass is 127. The summed E-state index contributed by atoms with van der Waals surface area (Å²) in [6, 6.07) is 4.74. The zero-order valence-electron chi connectivity index (χ0n) is 17.1. The fourth-order valence-corrected chi connectivity index (χ4v) is 2.31. The summed E-state index contributed by atoms with van der Waals surface area (Å²) in [6.45, 7) is 3.76. The summed E-state index contributed by atoms with van der Waals surface area (Å²) >= 11 is 0. The fraction of sp³-hybridized carbons (Fsp3) is 0.474. The van der Waals surface area contributed by atoms with Crippen molar-refractivity contribution in [1.82, 2.24) is 15.6 Å². The Kier molecular flexibility index (Phi) is 9.60. The van der Waals surface area contributed by atoms with E-state index in [2.05, 4.69) is 25.3 Å². The Hall–Kier alpha value is -2.11. The van der Waals surface area contributed by atoms with Gasteiger partial charge in [0.05, 0.1) is 19.9 Å². The molecule has 7 nitrogen and oxygen atoms in total. The zero-order valence-corrected chi connectivity index (χ0v) is 19.4. The van der Waals surface area contributed by atoms with E-state index in [1.165, 1.54) is 13.2 Å². The van der Waals surface area contributed by atoms with E-state index in [0.717, 1.165) is 5.76 Å². The molecule has 29 heavy (non-hydrogen) atoms. The lowest BCUT2D eigenvalue weighted by atomic mass is 9.94. The first kappa shape index (κ1) is 24.9. The van der Waals surface area contributed by atoms with E-state index in [9.17, 15) is 8.78 Å². The summed E-state index contributed by atoms with van der Waals surface area (Å²) in [7, 11) is 3.06. The number of nitrogens with one attached hydrogen (secondary N) is 2. The molecule has 0 fully saturated rings. The van der Waals surface area contributed by atoms with Gasteiger partial charge in [0.25, 0.3) is 0 Å². The van der Waals surface area contributed by atoms with Crippen molar-refractivity contribution in [1.29, 1.82) is 0 Å². The van der Waals surface area contributed by atoms with Crippen LogP contribution in [-0.4, -0.2) is 31.7 Å². The lowest BCUT2D eigenvalue weighted by Gasteiger charge is -2.15. The molecule has 10 heteroatoms. The maximum absolute atomic E-state index is 12.7. The van der Waals surface area contributed by atoms with Crippen molar-refractivity contribution < 1.29 is 22.7 Å². The number of aromatic nitrogens is 1. The van der Waals surface area contributed by atoms with E-state index in [0.29, 0.717) is 29.7 Å². The molecule has 1 heterocycles. The number of hydrogen-bond donors (Lipinski definition) is 2. The number of halogens is 3. The van der Waals surface area contributed by atoms with Gasteiger partial charge >= 0.3 is 6.61 Å². The third-order valence-corrected chi connectivity index (χ3v) is 3.86. The smallest absolute Gasteiger partial charge is 0.387 e. The van der Waals surface area contributed by atoms with E-state index in [-0.39, 0.29) is 41.7 Å². The molecule has 0 bridgehead atoms. The van der Waals surface area contributed by atoms with Gasteiger partial charge in [-0.15, -0.1) is 24.0 Å². The van der Waals surface area contributed by atoms with Crippen molar-refractivity contribution in [3.63, 3.8) is 0 Å². The molecule has 2 rings (SSSR count). The number of hydrogen-bond acceptors (Lipinski definition) is 5. The summed E-state index contributed by atoms with van der Waals surface area (Å²) in [6.07, 6.45) is 1.71. The number of oxazole rings is 1. The van der Waals surface area contributed by atoms with Crippen LogP contribution in [0.4, 0.5) is 8.78 Å². The number of methoxy groups -OCH3 is 1. The second-order valence-electron chi connectivity index (χ2n) is 7.00. The monoisotopic (exact) mass is 524 g/mol. The van der Waals surface area contributed by atoms with Crippen LogP contribution in [0, 0.1) is 0 Å². The van der Waals surface area contributed by atoms with Crippen molar-refractivity contribution in [2.45, 2.75) is 45.9 Å². The van der Waals surface area contributed by atoms with Crippen LogP contribution in [0.5, 0.6) is 11.5 Å². The predicted molar refractivity (Wildman–Crippen MR) is 117 cm³/mol. The molecule has 1 aromatic heterocycles. The number of alkyl halides is 2. The molecule has 2 aromatic rings. The normalized spacial score (nSPS) is 11.8. The Labute approximate surface area is 186 Å². The number of nitrogens with zero attached hydrogens (tertiary/aromatic N) is 2. The first-order chi connectivity index (χ1) is 13.2. The molecular weight excluding hydrogens is 497 g/mol. The second-order valence-corrected chi connectivity index (χ2v) is 7.00.